The van der Waals surface area contributed by atoms with Gasteiger partial charge in [-0.05, 0) is 19.1 Å². The molecule has 0 amide bonds. The van der Waals surface area contributed by atoms with Gasteiger partial charge in [-0.2, -0.15) is 0 Å². The summed E-state index contributed by atoms with van der Waals surface area (Å²) in [4.78, 5) is 21.3. The summed E-state index contributed by atoms with van der Waals surface area (Å²) in [5.41, 5.74) is 0.275. The van der Waals surface area contributed by atoms with Gasteiger partial charge < -0.3 is 4.74 Å². The zero-order valence-electron chi connectivity index (χ0n) is 6.59. The molecule has 60 valence electrons. The molecule has 11 heavy (non-hydrogen) atoms. The lowest BCUT2D eigenvalue weighted by molar-refractivity contribution is -0.136. The molecular formula is C8H10O3. The molecule has 0 aromatic rings. The van der Waals surface area contributed by atoms with Crippen molar-refractivity contribution in [3.05, 3.63) is 24.3 Å². The zero-order chi connectivity index (χ0) is 8.85. The van der Waals surface area contributed by atoms with Crippen LogP contribution in [-0.4, -0.2) is 18.9 Å². The van der Waals surface area contributed by atoms with Crippen LogP contribution < -0.4 is 0 Å². The molecule has 0 heterocycles. The van der Waals surface area contributed by atoms with Crippen molar-refractivity contribution in [3.8, 4) is 0 Å². The molecule has 0 fully saturated rings. The number of carbonyl (C=O) groups is 2. The van der Waals surface area contributed by atoms with E-state index in [1.54, 1.807) is 0 Å². The maximum Gasteiger partial charge on any atom is 0.333 e. The van der Waals surface area contributed by atoms with Crippen LogP contribution in [0.25, 0.3) is 0 Å². The van der Waals surface area contributed by atoms with E-state index in [9.17, 15) is 9.59 Å². The summed E-state index contributed by atoms with van der Waals surface area (Å²) >= 11 is 0. The number of allylic oxidation sites excluding steroid dienone is 2. The molecule has 0 N–H and O–H groups in total. The first-order valence-electron chi connectivity index (χ1n) is 3.04. The minimum atomic E-state index is -0.500. The normalized spacial score (nSPS) is 10.5. The molecule has 0 rings (SSSR count). The van der Waals surface area contributed by atoms with Gasteiger partial charge in [0.2, 0.25) is 0 Å². The highest BCUT2D eigenvalue weighted by molar-refractivity contribution is 6.04. The lowest BCUT2D eigenvalue weighted by atomic mass is 10.2. The van der Waals surface area contributed by atoms with Crippen molar-refractivity contribution < 1.29 is 14.3 Å². The standard InChI is InChI=1S/C8H10O3/c1-4-7(9)5-6(2)8(10)11-3/h4-5H,1H2,2-3H3. The summed E-state index contributed by atoms with van der Waals surface area (Å²) in [6.07, 6.45) is 2.31. The highest BCUT2D eigenvalue weighted by Gasteiger charge is 2.03. The number of hydrogen-bond donors (Lipinski definition) is 0. The van der Waals surface area contributed by atoms with E-state index in [1.807, 2.05) is 0 Å². The summed E-state index contributed by atoms with van der Waals surface area (Å²) in [7, 11) is 1.26. The third-order valence-corrected chi connectivity index (χ3v) is 1.07. The van der Waals surface area contributed by atoms with Gasteiger partial charge in [0.05, 0.1) is 7.11 Å². The molecular weight excluding hydrogens is 144 g/mol. The minimum absolute atomic E-state index is 0.275. The van der Waals surface area contributed by atoms with Crippen molar-refractivity contribution in [2.75, 3.05) is 7.11 Å². The van der Waals surface area contributed by atoms with Crippen LogP contribution >= 0.6 is 0 Å². The first kappa shape index (κ1) is 9.62. The molecule has 3 nitrogen and oxygen atoms in total. The number of ketones is 1. The third-order valence-electron chi connectivity index (χ3n) is 1.07. The Bertz CT molecular complexity index is 213. The topological polar surface area (TPSA) is 43.4 Å². The van der Waals surface area contributed by atoms with Crippen LogP contribution in [-0.2, 0) is 14.3 Å². The number of carbonyl (C=O) groups excluding carboxylic acids is 2. The van der Waals surface area contributed by atoms with Gasteiger partial charge in [-0.1, -0.05) is 6.58 Å². The largest absolute Gasteiger partial charge is 0.466 e. The summed E-state index contributed by atoms with van der Waals surface area (Å²) in [5.74, 6) is -0.798. The monoisotopic (exact) mass is 154 g/mol. The Labute approximate surface area is 65.4 Å². The van der Waals surface area contributed by atoms with E-state index in [2.05, 4.69) is 11.3 Å². The summed E-state index contributed by atoms with van der Waals surface area (Å²) in [6.45, 7) is 4.76. The summed E-state index contributed by atoms with van der Waals surface area (Å²) in [5, 5.41) is 0. The number of hydrogen-bond acceptors (Lipinski definition) is 3. The van der Waals surface area contributed by atoms with Crippen molar-refractivity contribution in [2.45, 2.75) is 6.92 Å². The molecule has 0 atom stereocenters. The smallest absolute Gasteiger partial charge is 0.333 e. The molecule has 0 aromatic heterocycles. The molecule has 3 heteroatoms. The molecule has 0 aliphatic rings. The SMILES string of the molecule is C=CC(=O)C=C(C)C(=O)OC. The van der Waals surface area contributed by atoms with Crippen LogP contribution in [0.1, 0.15) is 6.92 Å². The Kier molecular flexibility index (Phi) is 3.88. The lowest BCUT2D eigenvalue weighted by Crippen LogP contribution is -2.03. The Morgan fingerprint density at radius 3 is 2.36 bits per heavy atom. The first-order valence-corrected chi connectivity index (χ1v) is 3.04. The van der Waals surface area contributed by atoms with Crippen LogP contribution in [0.3, 0.4) is 0 Å². The maximum absolute atomic E-state index is 10.7. The summed E-state index contributed by atoms with van der Waals surface area (Å²) in [6, 6.07) is 0. The Morgan fingerprint density at radius 1 is 1.45 bits per heavy atom. The maximum atomic E-state index is 10.7. The van der Waals surface area contributed by atoms with Gasteiger partial charge in [0.1, 0.15) is 0 Å². The highest BCUT2D eigenvalue weighted by atomic mass is 16.5. The van der Waals surface area contributed by atoms with E-state index in [-0.39, 0.29) is 11.4 Å². The van der Waals surface area contributed by atoms with Gasteiger partial charge in [0.15, 0.2) is 5.78 Å². The van der Waals surface area contributed by atoms with E-state index >= 15 is 0 Å². The lowest BCUT2D eigenvalue weighted by Gasteiger charge is -1.95. The number of methoxy groups -OCH3 is 1. The van der Waals surface area contributed by atoms with Crippen molar-refractivity contribution in [1.82, 2.24) is 0 Å². The average Bonchev–Trinajstić information content (AvgIpc) is 2.02. The van der Waals surface area contributed by atoms with Crippen molar-refractivity contribution >= 4 is 11.8 Å². The first-order chi connectivity index (χ1) is 5.11. The van der Waals surface area contributed by atoms with Crippen LogP contribution in [0.15, 0.2) is 24.3 Å². The quantitative estimate of drug-likeness (QED) is 0.447. The second kappa shape index (κ2) is 4.44. The van der Waals surface area contributed by atoms with Crippen molar-refractivity contribution in [2.24, 2.45) is 0 Å². The fourth-order valence-corrected chi connectivity index (χ4v) is 0.492. The van der Waals surface area contributed by atoms with Gasteiger partial charge in [0, 0.05) is 5.57 Å². The predicted molar refractivity (Wildman–Crippen MR) is 41.0 cm³/mol. The van der Waals surface area contributed by atoms with Crippen LogP contribution in [0.2, 0.25) is 0 Å². The Balaban J connectivity index is 4.33. The van der Waals surface area contributed by atoms with Gasteiger partial charge >= 0.3 is 5.97 Å². The molecule has 0 saturated carbocycles. The van der Waals surface area contributed by atoms with Crippen LogP contribution in [0.4, 0.5) is 0 Å². The number of ether oxygens (including phenoxy) is 1. The molecule has 0 radical (unpaired) electrons. The molecule has 0 spiro atoms. The molecule has 0 aliphatic carbocycles. The van der Waals surface area contributed by atoms with Crippen molar-refractivity contribution in [1.29, 1.82) is 0 Å². The predicted octanol–water partition coefficient (Wildman–Crippen LogP) is 0.861. The van der Waals surface area contributed by atoms with E-state index in [0.717, 1.165) is 6.08 Å². The van der Waals surface area contributed by atoms with Crippen LogP contribution in [0, 0.1) is 0 Å². The van der Waals surface area contributed by atoms with Gasteiger partial charge in [-0.3, -0.25) is 4.79 Å². The minimum Gasteiger partial charge on any atom is -0.466 e. The average molecular weight is 154 g/mol. The highest BCUT2D eigenvalue weighted by Crippen LogP contribution is 1.95. The fourth-order valence-electron chi connectivity index (χ4n) is 0.492. The van der Waals surface area contributed by atoms with Gasteiger partial charge in [0.25, 0.3) is 0 Å². The second-order valence-corrected chi connectivity index (χ2v) is 1.93. The Morgan fingerprint density at radius 2 is 2.00 bits per heavy atom. The molecule has 0 bridgehead atoms. The molecule has 0 aliphatic heterocycles. The van der Waals surface area contributed by atoms with Crippen molar-refractivity contribution in [3.63, 3.8) is 0 Å². The van der Waals surface area contributed by atoms with E-state index in [4.69, 9.17) is 0 Å². The Hall–Kier alpha value is -1.38. The van der Waals surface area contributed by atoms with Crippen LogP contribution in [0.5, 0.6) is 0 Å². The van der Waals surface area contributed by atoms with E-state index in [1.165, 1.54) is 20.1 Å². The van der Waals surface area contributed by atoms with Gasteiger partial charge in [-0.25, -0.2) is 4.79 Å². The van der Waals surface area contributed by atoms with E-state index < -0.39 is 5.97 Å². The molecule has 0 unspecified atom stereocenters. The zero-order valence-corrected chi connectivity index (χ0v) is 6.59. The van der Waals surface area contributed by atoms with Gasteiger partial charge in [-0.15, -0.1) is 0 Å². The third kappa shape index (κ3) is 3.35. The summed E-state index contributed by atoms with van der Waals surface area (Å²) < 4.78 is 4.36. The van der Waals surface area contributed by atoms with E-state index in [0.29, 0.717) is 0 Å². The second-order valence-electron chi connectivity index (χ2n) is 1.93. The molecule has 0 aromatic carbocycles. The number of rotatable bonds is 3. The fraction of sp³-hybridized carbons (Fsp3) is 0.250. The number of esters is 1. The molecule has 0 saturated heterocycles.